The third-order valence-electron chi connectivity index (χ3n) is 2.51. The van der Waals surface area contributed by atoms with Crippen LogP contribution in [0.15, 0.2) is 34.8 Å². The molecular formula is C13H8BrCl2F2N. The van der Waals surface area contributed by atoms with Crippen molar-refractivity contribution in [2.75, 3.05) is 5.32 Å². The van der Waals surface area contributed by atoms with Gasteiger partial charge in [0.15, 0.2) is 0 Å². The second kappa shape index (κ2) is 6.07. The lowest BCUT2D eigenvalue weighted by atomic mass is 10.2. The highest BCUT2D eigenvalue weighted by Gasteiger charge is 2.11. The maximum absolute atomic E-state index is 13.5. The first-order chi connectivity index (χ1) is 8.99. The van der Waals surface area contributed by atoms with E-state index in [1.807, 2.05) is 0 Å². The minimum atomic E-state index is -0.614. The van der Waals surface area contributed by atoms with Gasteiger partial charge in [0, 0.05) is 16.6 Å². The van der Waals surface area contributed by atoms with Crippen molar-refractivity contribution in [1.82, 2.24) is 0 Å². The molecule has 6 heteroatoms. The minimum Gasteiger partial charge on any atom is -0.378 e. The van der Waals surface area contributed by atoms with Crippen LogP contribution < -0.4 is 5.32 Å². The molecule has 0 fully saturated rings. The molecule has 0 heterocycles. The Labute approximate surface area is 127 Å². The fraction of sp³-hybridized carbons (Fsp3) is 0.0769. The molecule has 0 amide bonds. The summed E-state index contributed by atoms with van der Waals surface area (Å²) in [7, 11) is 0. The van der Waals surface area contributed by atoms with E-state index in [0.717, 1.165) is 4.47 Å². The summed E-state index contributed by atoms with van der Waals surface area (Å²) < 4.78 is 27.7. The molecular weight excluding hydrogens is 359 g/mol. The standard InChI is InChI=1S/C13H8BrCl2F2N/c14-7-4-9(15)13(10(16)5-7)19-6-8-11(17)2-1-3-12(8)18/h1-5,19H,6H2. The zero-order valence-corrected chi connectivity index (χ0v) is 12.6. The highest BCUT2D eigenvalue weighted by atomic mass is 79.9. The Morgan fingerprint density at radius 3 is 2.11 bits per heavy atom. The predicted octanol–water partition coefficient (Wildman–Crippen LogP) is 5.65. The monoisotopic (exact) mass is 365 g/mol. The van der Waals surface area contributed by atoms with Crippen LogP contribution >= 0.6 is 39.1 Å². The van der Waals surface area contributed by atoms with Crippen LogP contribution in [0.2, 0.25) is 10.0 Å². The molecule has 0 aromatic heterocycles. The Balaban J connectivity index is 2.24. The molecule has 0 aliphatic carbocycles. The molecule has 0 unspecified atom stereocenters. The van der Waals surface area contributed by atoms with Gasteiger partial charge >= 0.3 is 0 Å². The molecule has 0 saturated heterocycles. The van der Waals surface area contributed by atoms with Crippen molar-refractivity contribution in [3.63, 3.8) is 0 Å². The van der Waals surface area contributed by atoms with Crippen molar-refractivity contribution in [3.8, 4) is 0 Å². The van der Waals surface area contributed by atoms with Crippen LogP contribution in [0.25, 0.3) is 0 Å². The van der Waals surface area contributed by atoms with Crippen LogP contribution in [0.1, 0.15) is 5.56 Å². The van der Waals surface area contributed by atoms with Gasteiger partial charge < -0.3 is 5.32 Å². The van der Waals surface area contributed by atoms with E-state index in [4.69, 9.17) is 23.2 Å². The van der Waals surface area contributed by atoms with Gasteiger partial charge in [0.2, 0.25) is 0 Å². The van der Waals surface area contributed by atoms with Gasteiger partial charge in [-0.3, -0.25) is 0 Å². The Bertz CT molecular complexity index is 576. The van der Waals surface area contributed by atoms with Crippen molar-refractivity contribution in [2.45, 2.75) is 6.54 Å². The zero-order valence-electron chi connectivity index (χ0n) is 9.48. The van der Waals surface area contributed by atoms with E-state index in [0.29, 0.717) is 15.7 Å². The van der Waals surface area contributed by atoms with Crippen molar-refractivity contribution in [3.05, 3.63) is 62.0 Å². The molecule has 0 aliphatic heterocycles. The average molecular weight is 367 g/mol. The Morgan fingerprint density at radius 1 is 1.05 bits per heavy atom. The summed E-state index contributed by atoms with van der Waals surface area (Å²) in [4.78, 5) is 0. The number of benzene rings is 2. The maximum atomic E-state index is 13.5. The molecule has 1 nitrogen and oxygen atoms in total. The highest BCUT2D eigenvalue weighted by Crippen LogP contribution is 2.34. The zero-order chi connectivity index (χ0) is 14.0. The van der Waals surface area contributed by atoms with Gasteiger partial charge in [0.1, 0.15) is 11.6 Å². The molecule has 0 bridgehead atoms. The number of hydrogen-bond donors (Lipinski definition) is 1. The normalized spacial score (nSPS) is 10.6. The summed E-state index contributed by atoms with van der Waals surface area (Å²) in [5, 5.41) is 3.58. The lowest BCUT2D eigenvalue weighted by Crippen LogP contribution is -2.05. The summed E-state index contributed by atoms with van der Waals surface area (Å²) in [5.74, 6) is -1.23. The summed E-state index contributed by atoms with van der Waals surface area (Å²) in [5.41, 5.74) is 0.381. The van der Waals surface area contributed by atoms with E-state index in [2.05, 4.69) is 21.2 Å². The van der Waals surface area contributed by atoms with Crippen molar-refractivity contribution < 1.29 is 8.78 Å². The van der Waals surface area contributed by atoms with E-state index < -0.39 is 11.6 Å². The van der Waals surface area contributed by atoms with Gasteiger partial charge in [0.25, 0.3) is 0 Å². The molecule has 2 aromatic carbocycles. The van der Waals surface area contributed by atoms with Gasteiger partial charge in [0.05, 0.1) is 15.7 Å². The summed E-state index contributed by atoms with van der Waals surface area (Å²) >= 11 is 15.3. The lowest BCUT2D eigenvalue weighted by molar-refractivity contribution is 0.560. The smallest absolute Gasteiger partial charge is 0.131 e. The van der Waals surface area contributed by atoms with Gasteiger partial charge in [-0.25, -0.2) is 8.78 Å². The van der Waals surface area contributed by atoms with Crippen LogP contribution in [0.3, 0.4) is 0 Å². The van der Waals surface area contributed by atoms with Crippen molar-refractivity contribution in [1.29, 1.82) is 0 Å². The van der Waals surface area contributed by atoms with Crippen molar-refractivity contribution in [2.24, 2.45) is 0 Å². The first kappa shape index (κ1) is 14.6. The van der Waals surface area contributed by atoms with E-state index >= 15 is 0 Å². The third kappa shape index (κ3) is 3.38. The summed E-state index contributed by atoms with van der Waals surface area (Å²) in [6.07, 6.45) is 0. The number of halogens is 5. The molecule has 2 rings (SSSR count). The van der Waals surface area contributed by atoms with Gasteiger partial charge in [-0.1, -0.05) is 45.2 Å². The van der Waals surface area contributed by atoms with Crippen LogP contribution in [0, 0.1) is 11.6 Å². The fourth-order valence-electron chi connectivity index (χ4n) is 1.59. The largest absolute Gasteiger partial charge is 0.378 e. The topological polar surface area (TPSA) is 12.0 Å². The van der Waals surface area contributed by atoms with Crippen LogP contribution in [0.4, 0.5) is 14.5 Å². The Kier molecular flexibility index (Phi) is 4.66. The predicted molar refractivity (Wildman–Crippen MR) is 77.8 cm³/mol. The van der Waals surface area contributed by atoms with Gasteiger partial charge in [-0.2, -0.15) is 0 Å². The van der Waals surface area contributed by atoms with Crippen LogP contribution in [-0.4, -0.2) is 0 Å². The first-order valence-corrected chi connectivity index (χ1v) is 6.85. The molecule has 0 atom stereocenters. The first-order valence-electron chi connectivity index (χ1n) is 5.30. The highest BCUT2D eigenvalue weighted by molar-refractivity contribution is 9.10. The number of hydrogen-bond acceptors (Lipinski definition) is 1. The Morgan fingerprint density at radius 2 is 1.58 bits per heavy atom. The quantitative estimate of drug-likeness (QED) is 0.740. The summed E-state index contributed by atoms with van der Waals surface area (Å²) in [6.45, 7) is -0.0421. The summed E-state index contributed by atoms with van der Waals surface area (Å²) in [6, 6.07) is 7.00. The van der Waals surface area contributed by atoms with Crippen LogP contribution in [-0.2, 0) is 6.54 Å². The molecule has 2 aromatic rings. The third-order valence-corrected chi connectivity index (χ3v) is 3.56. The van der Waals surface area contributed by atoms with Crippen LogP contribution in [0.5, 0.6) is 0 Å². The molecule has 0 spiro atoms. The second-order valence-electron chi connectivity index (χ2n) is 3.80. The van der Waals surface area contributed by atoms with Gasteiger partial charge in [-0.15, -0.1) is 0 Å². The van der Waals surface area contributed by atoms with Crippen molar-refractivity contribution >= 4 is 44.8 Å². The number of rotatable bonds is 3. The number of anilines is 1. The molecule has 19 heavy (non-hydrogen) atoms. The molecule has 1 N–H and O–H groups in total. The van der Waals surface area contributed by atoms with E-state index in [1.54, 1.807) is 12.1 Å². The minimum absolute atomic E-state index is 0.0421. The SMILES string of the molecule is Fc1cccc(F)c1CNc1c(Cl)cc(Br)cc1Cl. The second-order valence-corrected chi connectivity index (χ2v) is 5.53. The molecule has 0 saturated carbocycles. The molecule has 0 aliphatic rings. The lowest BCUT2D eigenvalue weighted by Gasteiger charge is -2.12. The molecule has 100 valence electrons. The molecule has 0 radical (unpaired) electrons. The number of nitrogens with one attached hydrogen (secondary N) is 1. The van der Waals surface area contributed by atoms with E-state index in [-0.39, 0.29) is 12.1 Å². The fourth-order valence-corrected chi connectivity index (χ4v) is 2.93. The van der Waals surface area contributed by atoms with Gasteiger partial charge in [-0.05, 0) is 24.3 Å². The average Bonchev–Trinajstić information content (AvgIpc) is 2.31. The van der Waals surface area contributed by atoms with E-state index in [9.17, 15) is 8.78 Å². The maximum Gasteiger partial charge on any atom is 0.131 e. The Hall–Kier alpha value is -0.840. The van der Waals surface area contributed by atoms with E-state index in [1.165, 1.54) is 18.2 Å².